The summed E-state index contributed by atoms with van der Waals surface area (Å²) in [7, 11) is 0. The third-order valence-electron chi connectivity index (χ3n) is 3.12. The molecule has 0 heterocycles. The Labute approximate surface area is 103 Å². The van der Waals surface area contributed by atoms with E-state index >= 15 is 0 Å². The Kier molecular flexibility index (Phi) is 3.62. The van der Waals surface area contributed by atoms with Gasteiger partial charge in [0, 0.05) is 35.1 Å². The van der Waals surface area contributed by atoms with Crippen LogP contribution in [0.3, 0.4) is 0 Å². The third kappa shape index (κ3) is 2.81. The van der Waals surface area contributed by atoms with Gasteiger partial charge in [0.2, 0.25) is 0 Å². The second-order valence-electron chi connectivity index (χ2n) is 4.50. The molecule has 2 nitrogen and oxygen atoms in total. The fraction of sp³-hybridized carbons (Fsp3) is 0.500. The largest absolute Gasteiger partial charge is 0.396 e. The van der Waals surface area contributed by atoms with Gasteiger partial charge in [-0.2, -0.15) is 0 Å². The highest BCUT2D eigenvalue weighted by atomic mass is 79.9. The average Bonchev–Trinajstić information content (AvgIpc) is 3.04. The van der Waals surface area contributed by atoms with Crippen LogP contribution in [0.15, 0.2) is 22.7 Å². The van der Waals surface area contributed by atoms with Gasteiger partial charge in [-0.15, -0.1) is 0 Å². The normalized spacial score (nSPS) is 17.4. The molecule has 4 heteroatoms. The molecule has 0 radical (unpaired) electrons. The minimum atomic E-state index is -0.190. The van der Waals surface area contributed by atoms with Crippen molar-refractivity contribution < 1.29 is 9.50 Å². The van der Waals surface area contributed by atoms with Gasteiger partial charge in [0.05, 0.1) is 0 Å². The van der Waals surface area contributed by atoms with E-state index in [1.165, 1.54) is 6.07 Å². The van der Waals surface area contributed by atoms with Crippen molar-refractivity contribution in [3.63, 3.8) is 0 Å². The smallest absolute Gasteiger partial charge is 0.127 e. The molecule has 1 aromatic carbocycles. The van der Waals surface area contributed by atoms with Crippen LogP contribution < -0.4 is 5.32 Å². The molecule has 1 aliphatic rings. The van der Waals surface area contributed by atoms with E-state index in [4.69, 9.17) is 5.11 Å². The van der Waals surface area contributed by atoms with Gasteiger partial charge in [0.1, 0.15) is 5.82 Å². The van der Waals surface area contributed by atoms with Gasteiger partial charge in [-0.1, -0.05) is 15.9 Å². The molecule has 1 fully saturated rings. The van der Waals surface area contributed by atoms with Crippen molar-refractivity contribution in [2.45, 2.75) is 19.4 Å². The molecule has 0 saturated heterocycles. The summed E-state index contributed by atoms with van der Waals surface area (Å²) < 4.78 is 14.3. The van der Waals surface area contributed by atoms with E-state index in [9.17, 15) is 4.39 Å². The molecule has 0 amide bonds. The summed E-state index contributed by atoms with van der Waals surface area (Å²) in [4.78, 5) is 0. The Bertz CT molecular complexity index is 379. The highest BCUT2D eigenvalue weighted by molar-refractivity contribution is 9.10. The van der Waals surface area contributed by atoms with Crippen molar-refractivity contribution in [3.8, 4) is 0 Å². The predicted octanol–water partition coefficient (Wildman–Crippen LogP) is 2.45. The lowest BCUT2D eigenvalue weighted by Gasteiger charge is -2.13. The standard InChI is InChI=1S/C12H15BrFNO/c13-10-1-2-11(14)9(5-10)6-15-7-12(8-16)3-4-12/h1-2,5,15-16H,3-4,6-8H2. The molecular weight excluding hydrogens is 273 g/mol. The van der Waals surface area contributed by atoms with Gasteiger partial charge in [-0.3, -0.25) is 0 Å². The van der Waals surface area contributed by atoms with E-state index < -0.39 is 0 Å². The zero-order valence-corrected chi connectivity index (χ0v) is 10.6. The van der Waals surface area contributed by atoms with E-state index in [0.717, 1.165) is 23.9 Å². The molecule has 88 valence electrons. The van der Waals surface area contributed by atoms with Crippen LogP contribution in [0.25, 0.3) is 0 Å². The average molecular weight is 288 g/mol. The van der Waals surface area contributed by atoms with Crippen molar-refractivity contribution in [1.82, 2.24) is 5.32 Å². The number of hydrogen-bond acceptors (Lipinski definition) is 2. The Morgan fingerprint density at radius 2 is 2.19 bits per heavy atom. The van der Waals surface area contributed by atoms with Crippen LogP contribution >= 0.6 is 15.9 Å². The highest BCUT2D eigenvalue weighted by Gasteiger charge is 2.41. The van der Waals surface area contributed by atoms with Crippen molar-refractivity contribution >= 4 is 15.9 Å². The van der Waals surface area contributed by atoms with Crippen LogP contribution in [-0.4, -0.2) is 18.3 Å². The minimum Gasteiger partial charge on any atom is -0.396 e. The Morgan fingerprint density at radius 3 is 2.81 bits per heavy atom. The molecule has 0 spiro atoms. The lowest BCUT2D eigenvalue weighted by Crippen LogP contribution is -2.26. The van der Waals surface area contributed by atoms with Gasteiger partial charge >= 0.3 is 0 Å². The summed E-state index contributed by atoms with van der Waals surface area (Å²) in [6.45, 7) is 1.49. The lowest BCUT2D eigenvalue weighted by atomic mass is 10.1. The zero-order valence-electron chi connectivity index (χ0n) is 8.97. The second-order valence-corrected chi connectivity index (χ2v) is 5.41. The van der Waals surface area contributed by atoms with Gasteiger partial charge in [0.25, 0.3) is 0 Å². The molecule has 0 unspecified atom stereocenters. The third-order valence-corrected chi connectivity index (χ3v) is 3.61. The summed E-state index contributed by atoms with van der Waals surface area (Å²) in [6.07, 6.45) is 2.13. The molecule has 2 N–H and O–H groups in total. The highest BCUT2D eigenvalue weighted by Crippen LogP contribution is 2.44. The Balaban J connectivity index is 1.87. The van der Waals surface area contributed by atoms with Gasteiger partial charge in [-0.05, 0) is 31.0 Å². The molecule has 0 atom stereocenters. The summed E-state index contributed by atoms with van der Waals surface area (Å²) in [5.74, 6) is -0.190. The number of nitrogens with one attached hydrogen (secondary N) is 1. The predicted molar refractivity (Wildman–Crippen MR) is 64.6 cm³/mol. The van der Waals surface area contributed by atoms with Crippen LogP contribution in [0, 0.1) is 11.2 Å². The van der Waals surface area contributed by atoms with Crippen molar-refractivity contribution in [1.29, 1.82) is 0 Å². The van der Waals surface area contributed by atoms with Gasteiger partial charge in [-0.25, -0.2) is 4.39 Å². The fourth-order valence-corrected chi connectivity index (χ4v) is 2.12. The molecule has 16 heavy (non-hydrogen) atoms. The summed E-state index contributed by atoms with van der Waals surface area (Å²) in [5, 5.41) is 12.3. The lowest BCUT2D eigenvalue weighted by molar-refractivity contribution is 0.207. The van der Waals surface area contributed by atoms with Crippen molar-refractivity contribution in [3.05, 3.63) is 34.1 Å². The minimum absolute atomic E-state index is 0.0719. The molecule has 1 aliphatic carbocycles. The van der Waals surface area contributed by atoms with E-state index in [1.54, 1.807) is 12.1 Å². The first-order valence-electron chi connectivity index (χ1n) is 5.41. The monoisotopic (exact) mass is 287 g/mol. The Morgan fingerprint density at radius 1 is 1.44 bits per heavy atom. The maximum absolute atomic E-state index is 13.4. The molecular formula is C12H15BrFNO. The van der Waals surface area contributed by atoms with Crippen LogP contribution in [0.2, 0.25) is 0 Å². The zero-order chi connectivity index (χ0) is 11.6. The quantitative estimate of drug-likeness (QED) is 0.872. The van der Waals surface area contributed by atoms with E-state index in [-0.39, 0.29) is 17.8 Å². The summed E-state index contributed by atoms with van der Waals surface area (Å²) in [5.41, 5.74) is 0.728. The van der Waals surface area contributed by atoms with Crippen LogP contribution in [-0.2, 0) is 6.54 Å². The van der Waals surface area contributed by atoms with Gasteiger partial charge < -0.3 is 10.4 Å². The first-order chi connectivity index (χ1) is 7.65. The van der Waals surface area contributed by atoms with Crippen LogP contribution in [0.5, 0.6) is 0 Å². The number of benzene rings is 1. The maximum atomic E-state index is 13.4. The van der Waals surface area contributed by atoms with E-state index in [2.05, 4.69) is 21.2 Å². The number of hydrogen-bond donors (Lipinski definition) is 2. The molecule has 1 aromatic rings. The number of aliphatic hydroxyl groups excluding tert-OH is 1. The first kappa shape index (κ1) is 12.0. The fourth-order valence-electron chi connectivity index (χ4n) is 1.71. The first-order valence-corrected chi connectivity index (χ1v) is 6.20. The molecule has 2 rings (SSSR count). The number of halogens is 2. The summed E-state index contributed by atoms with van der Waals surface area (Å²) in [6, 6.07) is 4.93. The van der Waals surface area contributed by atoms with Crippen molar-refractivity contribution in [2.24, 2.45) is 5.41 Å². The SMILES string of the molecule is OCC1(CNCc2cc(Br)ccc2F)CC1. The number of rotatable bonds is 5. The maximum Gasteiger partial charge on any atom is 0.127 e. The second kappa shape index (κ2) is 4.82. The molecule has 0 aliphatic heterocycles. The topological polar surface area (TPSA) is 32.3 Å². The Hall–Kier alpha value is -0.450. The van der Waals surface area contributed by atoms with Crippen LogP contribution in [0.4, 0.5) is 4.39 Å². The van der Waals surface area contributed by atoms with Crippen molar-refractivity contribution in [2.75, 3.05) is 13.2 Å². The van der Waals surface area contributed by atoms with E-state index in [0.29, 0.717) is 12.1 Å². The summed E-state index contributed by atoms with van der Waals surface area (Å²) >= 11 is 3.32. The molecule has 0 bridgehead atoms. The molecule has 0 aromatic heterocycles. The van der Waals surface area contributed by atoms with E-state index in [1.807, 2.05) is 0 Å². The molecule has 1 saturated carbocycles. The van der Waals surface area contributed by atoms with Gasteiger partial charge in [0.15, 0.2) is 0 Å². The number of aliphatic hydroxyl groups is 1. The van der Waals surface area contributed by atoms with Crippen LogP contribution in [0.1, 0.15) is 18.4 Å².